The van der Waals surface area contributed by atoms with Crippen molar-refractivity contribution in [1.29, 1.82) is 0 Å². The number of rotatable bonds is 6. The molecule has 4 rings (SSSR count). The molecular formula is C28H41N3OS. The van der Waals surface area contributed by atoms with Crippen LogP contribution in [0.25, 0.3) is 11.3 Å². The van der Waals surface area contributed by atoms with Crippen molar-refractivity contribution in [3.63, 3.8) is 0 Å². The second kappa shape index (κ2) is 9.50. The fourth-order valence-electron chi connectivity index (χ4n) is 5.56. The lowest BCUT2D eigenvalue weighted by atomic mass is 9.63. The number of thiazole rings is 1. The standard InChI is InChI=1S/C28H41N3OS/c1-7-31(8-2)25(32)18-30-15-11-20(12-16-30)26-29-24(19-33-26)21-9-10-22-23(17-21)28(5,6)14-13-27(22,3)4/h9-10,17,19-20H,7-8,11-16,18H2,1-6H3. The van der Waals surface area contributed by atoms with Crippen molar-refractivity contribution >= 4 is 17.2 Å². The van der Waals surface area contributed by atoms with Crippen LogP contribution in [0.15, 0.2) is 23.6 Å². The minimum absolute atomic E-state index is 0.217. The van der Waals surface area contributed by atoms with E-state index in [1.807, 2.05) is 16.2 Å². The third-order valence-electron chi connectivity index (χ3n) is 8.08. The second-order valence-electron chi connectivity index (χ2n) is 11.2. The Labute approximate surface area is 204 Å². The minimum Gasteiger partial charge on any atom is -0.342 e. The van der Waals surface area contributed by atoms with Gasteiger partial charge in [0.1, 0.15) is 0 Å². The number of hydrogen-bond acceptors (Lipinski definition) is 4. The van der Waals surface area contributed by atoms with Crippen LogP contribution >= 0.6 is 11.3 Å². The van der Waals surface area contributed by atoms with Crippen LogP contribution < -0.4 is 0 Å². The quantitative estimate of drug-likeness (QED) is 0.507. The summed E-state index contributed by atoms with van der Waals surface area (Å²) in [5.41, 5.74) is 5.84. The molecule has 0 saturated carbocycles. The van der Waals surface area contributed by atoms with Crippen molar-refractivity contribution in [2.45, 2.75) is 84.0 Å². The molecule has 1 aliphatic heterocycles. The molecule has 2 heterocycles. The predicted molar refractivity (Wildman–Crippen MR) is 139 cm³/mol. The molecule has 1 aromatic carbocycles. The van der Waals surface area contributed by atoms with Crippen LogP contribution in [-0.4, -0.2) is 53.4 Å². The van der Waals surface area contributed by atoms with Gasteiger partial charge in [0, 0.05) is 30.0 Å². The first-order valence-electron chi connectivity index (χ1n) is 12.8. The number of likely N-dealkylation sites (N-methyl/N-ethyl adjacent to an activating group) is 1. The normalized spacial score (nSPS) is 20.4. The SMILES string of the molecule is CCN(CC)C(=O)CN1CCC(c2nc(-c3ccc4c(c3)C(C)(C)CCC4(C)C)cs2)CC1. The Morgan fingerprint density at radius 3 is 2.33 bits per heavy atom. The molecule has 0 N–H and O–H groups in total. The molecule has 5 heteroatoms. The number of carbonyl (C=O) groups excluding carboxylic acids is 1. The van der Waals surface area contributed by atoms with E-state index in [1.54, 1.807) is 0 Å². The number of nitrogens with zero attached hydrogens (tertiary/aromatic N) is 3. The minimum atomic E-state index is 0.217. The highest BCUT2D eigenvalue weighted by Gasteiger charge is 2.37. The maximum atomic E-state index is 12.4. The molecule has 1 aliphatic carbocycles. The molecule has 0 bridgehead atoms. The van der Waals surface area contributed by atoms with Gasteiger partial charge in [-0.15, -0.1) is 11.3 Å². The van der Waals surface area contributed by atoms with E-state index in [0.29, 0.717) is 12.5 Å². The Balaban J connectivity index is 1.44. The molecule has 2 aliphatic rings. The maximum absolute atomic E-state index is 12.4. The largest absolute Gasteiger partial charge is 0.342 e. The average molecular weight is 468 g/mol. The van der Waals surface area contributed by atoms with E-state index in [4.69, 9.17) is 4.98 Å². The first-order chi connectivity index (χ1) is 15.6. The van der Waals surface area contributed by atoms with Gasteiger partial charge in [0.25, 0.3) is 0 Å². The third-order valence-corrected chi connectivity index (χ3v) is 9.09. The maximum Gasteiger partial charge on any atom is 0.236 e. The van der Waals surface area contributed by atoms with Gasteiger partial charge < -0.3 is 4.90 Å². The zero-order valence-electron chi connectivity index (χ0n) is 21.4. The molecule has 0 unspecified atom stereocenters. The average Bonchev–Trinajstić information content (AvgIpc) is 3.28. The van der Waals surface area contributed by atoms with E-state index in [2.05, 4.69) is 70.0 Å². The lowest BCUT2D eigenvalue weighted by Crippen LogP contribution is -2.43. The van der Waals surface area contributed by atoms with Crippen LogP contribution in [0.3, 0.4) is 0 Å². The van der Waals surface area contributed by atoms with Crippen LogP contribution in [0.2, 0.25) is 0 Å². The highest BCUT2D eigenvalue weighted by Crippen LogP contribution is 2.47. The molecule has 1 aromatic heterocycles. The number of fused-ring (bicyclic) bond motifs is 1. The summed E-state index contributed by atoms with van der Waals surface area (Å²) in [7, 11) is 0. The monoisotopic (exact) mass is 467 g/mol. The number of likely N-dealkylation sites (tertiary alicyclic amines) is 1. The fraction of sp³-hybridized carbons (Fsp3) is 0.643. The summed E-state index contributed by atoms with van der Waals surface area (Å²) in [6, 6.07) is 7.05. The van der Waals surface area contributed by atoms with Gasteiger partial charge in [0.05, 0.1) is 17.2 Å². The number of aromatic nitrogens is 1. The first-order valence-corrected chi connectivity index (χ1v) is 13.6. The Morgan fingerprint density at radius 1 is 1.06 bits per heavy atom. The van der Waals surface area contributed by atoms with Gasteiger partial charge in [-0.2, -0.15) is 0 Å². The lowest BCUT2D eigenvalue weighted by Gasteiger charge is -2.42. The van der Waals surface area contributed by atoms with Crippen molar-refractivity contribution < 1.29 is 4.79 Å². The van der Waals surface area contributed by atoms with E-state index in [-0.39, 0.29) is 16.7 Å². The first kappa shape index (κ1) is 24.4. The molecule has 2 aromatic rings. The van der Waals surface area contributed by atoms with Gasteiger partial charge in [-0.05, 0) is 80.6 Å². The van der Waals surface area contributed by atoms with Crippen molar-refractivity contribution in [3.05, 3.63) is 39.7 Å². The van der Waals surface area contributed by atoms with E-state index in [0.717, 1.165) is 44.7 Å². The summed E-state index contributed by atoms with van der Waals surface area (Å²) >= 11 is 1.81. The third kappa shape index (κ3) is 5.05. The summed E-state index contributed by atoms with van der Waals surface area (Å²) in [6.07, 6.45) is 4.65. The zero-order chi connectivity index (χ0) is 23.8. The van der Waals surface area contributed by atoms with Crippen LogP contribution in [-0.2, 0) is 15.6 Å². The molecule has 0 radical (unpaired) electrons. The molecule has 0 atom stereocenters. The highest BCUT2D eigenvalue weighted by atomic mass is 32.1. The molecule has 4 nitrogen and oxygen atoms in total. The Kier molecular flexibility index (Phi) is 7.02. The number of benzene rings is 1. The topological polar surface area (TPSA) is 36.4 Å². The Morgan fingerprint density at radius 2 is 1.70 bits per heavy atom. The highest BCUT2D eigenvalue weighted by molar-refractivity contribution is 7.10. The summed E-state index contributed by atoms with van der Waals surface area (Å²) in [4.78, 5) is 21.8. The van der Waals surface area contributed by atoms with Crippen molar-refractivity contribution in [3.8, 4) is 11.3 Å². The Bertz CT molecular complexity index is 981. The van der Waals surface area contributed by atoms with Gasteiger partial charge in [0.2, 0.25) is 5.91 Å². The van der Waals surface area contributed by atoms with Crippen molar-refractivity contribution in [2.75, 3.05) is 32.7 Å². The predicted octanol–water partition coefficient (Wildman–Crippen LogP) is 6.21. The summed E-state index contributed by atoms with van der Waals surface area (Å²) in [5, 5.41) is 3.51. The van der Waals surface area contributed by atoms with E-state index < -0.39 is 0 Å². The number of carbonyl (C=O) groups is 1. The van der Waals surface area contributed by atoms with Gasteiger partial charge in [-0.3, -0.25) is 9.69 Å². The van der Waals surface area contributed by atoms with Gasteiger partial charge in [-0.1, -0.05) is 39.8 Å². The molecular weight excluding hydrogens is 426 g/mol. The summed E-state index contributed by atoms with van der Waals surface area (Å²) in [5.74, 6) is 0.769. The van der Waals surface area contributed by atoms with Gasteiger partial charge in [-0.25, -0.2) is 4.98 Å². The number of piperidine rings is 1. The molecule has 1 saturated heterocycles. The van der Waals surface area contributed by atoms with Gasteiger partial charge >= 0.3 is 0 Å². The van der Waals surface area contributed by atoms with Crippen LogP contribution in [0, 0.1) is 0 Å². The van der Waals surface area contributed by atoms with Crippen LogP contribution in [0.1, 0.15) is 89.3 Å². The summed E-state index contributed by atoms with van der Waals surface area (Å²) in [6.45, 7) is 17.7. The fourth-order valence-corrected chi connectivity index (χ4v) is 6.56. The second-order valence-corrected chi connectivity index (χ2v) is 12.1. The number of hydrogen-bond donors (Lipinski definition) is 0. The van der Waals surface area contributed by atoms with Crippen LogP contribution in [0.5, 0.6) is 0 Å². The molecule has 0 spiro atoms. The van der Waals surface area contributed by atoms with Gasteiger partial charge in [0.15, 0.2) is 0 Å². The Hall–Kier alpha value is -1.72. The van der Waals surface area contributed by atoms with E-state index in [9.17, 15) is 4.79 Å². The molecule has 33 heavy (non-hydrogen) atoms. The number of amides is 1. The smallest absolute Gasteiger partial charge is 0.236 e. The molecule has 1 fully saturated rings. The van der Waals surface area contributed by atoms with Crippen molar-refractivity contribution in [1.82, 2.24) is 14.8 Å². The van der Waals surface area contributed by atoms with Crippen molar-refractivity contribution in [2.24, 2.45) is 0 Å². The van der Waals surface area contributed by atoms with E-state index in [1.165, 1.54) is 34.5 Å². The molecule has 1 amide bonds. The molecule has 180 valence electrons. The van der Waals surface area contributed by atoms with Crippen LogP contribution in [0.4, 0.5) is 0 Å². The lowest BCUT2D eigenvalue weighted by molar-refractivity contribution is -0.132. The van der Waals surface area contributed by atoms with E-state index >= 15 is 0 Å². The summed E-state index contributed by atoms with van der Waals surface area (Å²) < 4.78 is 0. The zero-order valence-corrected chi connectivity index (χ0v) is 22.2.